The lowest BCUT2D eigenvalue weighted by molar-refractivity contribution is -0.139. The number of hydrogen-bond donors (Lipinski definition) is 3. The summed E-state index contributed by atoms with van der Waals surface area (Å²) in [7, 11) is 0. The minimum Gasteiger partial charge on any atom is -0.343 e. The molecule has 1 aromatic heterocycles. The smallest absolute Gasteiger partial charge is 0.243 e. The number of aromatic amines is 1. The Balaban J connectivity index is 1.48. The number of likely N-dealkylation sites (tertiary alicyclic amines) is 1. The molecule has 1 aliphatic carbocycles. The lowest BCUT2D eigenvalue weighted by Crippen LogP contribution is -2.53. The molecule has 4 rings (SSSR count). The van der Waals surface area contributed by atoms with Crippen LogP contribution in [0, 0.1) is 11.8 Å². The number of amides is 2. The van der Waals surface area contributed by atoms with Gasteiger partial charge in [-0.25, -0.2) is 4.98 Å². The molecule has 2 heterocycles. The van der Waals surface area contributed by atoms with Crippen molar-refractivity contribution in [3.05, 3.63) is 90.1 Å². The van der Waals surface area contributed by atoms with Crippen molar-refractivity contribution in [2.24, 2.45) is 5.73 Å². The first-order valence-corrected chi connectivity index (χ1v) is 11.5. The third kappa shape index (κ3) is 5.53. The zero-order valence-corrected chi connectivity index (χ0v) is 19.0. The van der Waals surface area contributed by atoms with Crippen molar-refractivity contribution in [1.29, 1.82) is 0 Å². The van der Waals surface area contributed by atoms with Crippen molar-refractivity contribution in [3.63, 3.8) is 0 Å². The topological polar surface area (TPSA) is 104 Å². The van der Waals surface area contributed by atoms with E-state index in [2.05, 4.69) is 39.3 Å². The Bertz CT molecular complexity index is 1140. The van der Waals surface area contributed by atoms with E-state index in [-0.39, 0.29) is 24.3 Å². The zero-order chi connectivity index (χ0) is 23.8. The highest BCUT2D eigenvalue weighted by atomic mass is 16.2. The van der Waals surface area contributed by atoms with Crippen LogP contribution in [-0.4, -0.2) is 51.9 Å². The first kappa shape index (κ1) is 23.3. The van der Waals surface area contributed by atoms with Crippen molar-refractivity contribution in [2.45, 2.75) is 37.3 Å². The number of benzene rings is 1. The third-order valence-electron chi connectivity index (χ3n) is 6.08. The van der Waals surface area contributed by atoms with Gasteiger partial charge in [-0.3, -0.25) is 9.59 Å². The third-order valence-corrected chi connectivity index (χ3v) is 6.08. The van der Waals surface area contributed by atoms with Crippen LogP contribution in [0.5, 0.6) is 0 Å². The summed E-state index contributed by atoms with van der Waals surface area (Å²) >= 11 is 0. The molecule has 0 radical (unpaired) electrons. The highest BCUT2D eigenvalue weighted by Gasteiger charge is 2.39. The van der Waals surface area contributed by atoms with Gasteiger partial charge < -0.3 is 20.9 Å². The van der Waals surface area contributed by atoms with Gasteiger partial charge in [-0.2, -0.15) is 0 Å². The number of allylic oxidation sites excluding steroid dienone is 5. The second-order valence-electron chi connectivity index (χ2n) is 8.32. The van der Waals surface area contributed by atoms with Gasteiger partial charge in [0, 0.05) is 12.5 Å². The van der Waals surface area contributed by atoms with E-state index in [0.717, 1.165) is 24.0 Å². The number of H-pyrrole nitrogens is 1. The Kier molecular flexibility index (Phi) is 7.74. The predicted octanol–water partition coefficient (Wildman–Crippen LogP) is 2.42. The van der Waals surface area contributed by atoms with Gasteiger partial charge in [-0.15, -0.1) is 0 Å². The molecule has 4 N–H and O–H groups in total. The van der Waals surface area contributed by atoms with Gasteiger partial charge in [-0.1, -0.05) is 66.6 Å². The molecule has 1 fully saturated rings. The van der Waals surface area contributed by atoms with Crippen molar-refractivity contribution in [2.75, 3.05) is 13.1 Å². The molecule has 1 saturated heterocycles. The van der Waals surface area contributed by atoms with Crippen LogP contribution in [0.2, 0.25) is 0 Å². The molecule has 1 unspecified atom stereocenters. The molecule has 7 heteroatoms. The molecule has 0 bridgehead atoms. The second kappa shape index (κ2) is 11.3. The van der Waals surface area contributed by atoms with Crippen LogP contribution < -0.4 is 11.1 Å². The number of nitrogens with zero attached hydrogens (tertiary/aromatic N) is 2. The van der Waals surface area contributed by atoms with Crippen LogP contribution in [-0.2, 0) is 9.59 Å². The van der Waals surface area contributed by atoms with E-state index in [1.807, 2.05) is 48.6 Å². The van der Waals surface area contributed by atoms with Crippen LogP contribution in [0.3, 0.4) is 0 Å². The average Bonchev–Trinajstić information content (AvgIpc) is 3.50. The molecular formula is C27H29N5O2. The molecule has 1 aromatic carbocycles. The maximum Gasteiger partial charge on any atom is 0.243 e. The number of carbonyl (C=O) groups is 2. The first-order valence-electron chi connectivity index (χ1n) is 11.5. The highest BCUT2D eigenvalue weighted by Crippen LogP contribution is 2.31. The fraction of sp³-hybridized carbons (Fsp3) is 0.296. The molecule has 2 aliphatic rings. The van der Waals surface area contributed by atoms with Gasteiger partial charge in [0.15, 0.2) is 0 Å². The molecule has 0 spiro atoms. The minimum absolute atomic E-state index is 0.194. The van der Waals surface area contributed by atoms with Crippen LogP contribution in [0.25, 0.3) is 0 Å². The summed E-state index contributed by atoms with van der Waals surface area (Å²) in [6.45, 7) is 0.708. The van der Waals surface area contributed by atoms with Gasteiger partial charge in [0.05, 0.1) is 25.1 Å². The zero-order valence-electron chi connectivity index (χ0n) is 19.0. The number of nitrogens with two attached hydrogens (primary N) is 1. The van der Waals surface area contributed by atoms with Crippen molar-refractivity contribution >= 4 is 11.8 Å². The van der Waals surface area contributed by atoms with Gasteiger partial charge in [0.25, 0.3) is 0 Å². The lowest BCUT2D eigenvalue weighted by atomic mass is 9.84. The largest absolute Gasteiger partial charge is 0.343 e. The highest BCUT2D eigenvalue weighted by molar-refractivity contribution is 5.91. The average molecular weight is 456 g/mol. The Hall–Kier alpha value is -3.89. The van der Waals surface area contributed by atoms with Crippen molar-refractivity contribution in [3.8, 4) is 11.8 Å². The summed E-state index contributed by atoms with van der Waals surface area (Å²) in [5.41, 5.74) is 9.28. The van der Waals surface area contributed by atoms with E-state index >= 15 is 0 Å². The summed E-state index contributed by atoms with van der Waals surface area (Å²) in [5.74, 6) is 5.07. The molecule has 1 aliphatic heterocycles. The number of imidazole rings is 1. The number of nitrogens with one attached hydrogen (secondary N) is 2. The predicted molar refractivity (Wildman–Crippen MR) is 131 cm³/mol. The van der Waals surface area contributed by atoms with Gasteiger partial charge >= 0.3 is 0 Å². The van der Waals surface area contributed by atoms with Crippen molar-refractivity contribution in [1.82, 2.24) is 20.2 Å². The number of hydrogen-bond acceptors (Lipinski definition) is 4. The monoisotopic (exact) mass is 455 g/mol. The molecule has 7 nitrogen and oxygen atoms in total. The van der Waals surface area contributed by atoms with Crippen LogP contribution in [0.1, 0.15) is 36.4 Å². The molecule has 0 saturated carbocycles. The number of carbonyl (C=O) groups excluding carboxylic acids is 2. The quantitative estimate of drug-likeness (QED) is 0.582. The summed E-state index contributed by atoms with van der Waals surface area (Å²) in [4.78, 5) is 34.9. The first-order chi connectivity index (χ1) is 16.6. The maximum absolute atomic E-state index is 13.6. The standard InChI is InChI=1S/C27H29N5O2/c28-25(24(21-12-6-3-7-13-21)20-10-4-1-2-5-11-20)27(34)32-17-9-15-23(32)26(33)30-16-8-14-22-18-29-19-31-22/h1,3-7,10-13,18-19,23-25H,2,9,15-17,28H2,(H,29,31)(H,30,33)/t23-,24?,25+/m0/s1. The Morgan fingerprint density at radius 2 is 2.12 bits per heavy atom. The SMILES string of the molecule is N[C@@H](C(=O)N1CCC[C@H]1C(=O)NCC#Cc1cnc[nH]1)C(C1=CC=CCC=C1)c1ccccc1. The molecule has 34 heavy (non-hydrogen) atoms. The normalized spacial score (nSPS) is 18.9. The minimum atomic E-state index is -0.807. The van der Waals surface area contributed by atoms with Gasteiger partial charge in [-0.05, 0) is 36.3 Å². The Labute approximate surface area is 199 Å². The Morgan fingerprint density at radius 1 is 1.26 bits per heavy atom. The van der Waals surface area contributed by atoms with Gasteiger partial charge in [0.1, 0.15) is 11.7 Å². The van der Waals surface area contributed by atoms with Crippen molar-refractivity contribution < 1.29 is 9.59 Å². The van der Waals surface area contributed by atoms with E-state index in [4.69, 9.17) is 5.73 Å². The number of rotatable bonds is 6. The summed E-state index contributed by atoms with van der Waals surface area (Å²) in [5, 5.41) is 2.83. The molecule has 2 amide bonds. The fourth-order valence-corrected chi connectivity index (χ4v) is 4.42. The van der Waals surface area contributed by atoms with Gasteiger partial charge in [0.2, 0.25) is 11.8 Å². The van der Waals surface area contributed by atoms with E-state index in [1.54, 1.807) is 17.4 Å². The summed E-state index contributed by atoms with van der Waals surface area (Å²) in [6, 6.07) is 8.49. The maximum atomic E-state index is 13.6. The van der Waals surface area contributed by atoms with Crippen LogP contribution >= 0.6 is 0 Å². The second-order valence-corrected chi connectivity index (χ2v) is 8.32. The Morgan fingerprint density at radius 3 is 2.91 bits per heavy atom. The van der Waals surface area contributed by atoms with E-state index in [1.165, 1.54) is 0 Å². The van der Waals surface area contributed by atoms with Crippen LogP contribution in [0.4, 0.5) is 0 Å². The lowest BCUT2D eigenvalue weighted by Gasteiger charge is -2.31. The summed E-state index contributed by atoms with van der Waals surface area (Å²) < 4.78 is 0. The molecule has 174 valence electrons. The molecular weight excluding hydrogens is 426 g/mol. The molecule has 2 aromatic rings. The fourth-order valence-electron chi connectivity index (χ4n) is 4.42. The van der Waals surface area contributed by atoms with Crippen LogP contribution in [0.15, 0.2) is 78.8 Å². The summed E-state index contributed by atoms with van der Waals surface area (Å²) in [6.07, 6.45) is 15.6. The van der Waals surface area contributed by atoms with E-state index < -0.39 is 12.1 Å². The van der Waals surface area contributed by atoms with E-state index in [0.29, 0.717) is 18.7 Å². The number of aromatic nitrogens is 2. The molecule has 3 atom stereocenters. The van der Waals surface area contributed by atoms with E-state index in [9.17, 15) is 9.59 Å².